The molecule has 4 heteroatoms. The second kappa shape index (κ2) is 22.7. The van der Waals surface area contributed by atoms with Crippen molar-refractivity contribution in [2.75, 3.05) is 26.3 Å². The van der Waals surface area contributed by atoms with Crippen LogP contribution in [0.3, 0.4) is 0 Å². The first-order chi connectivity index (χ1) is 17.6. The summed E-state index contributed by atoms with van der Waals surface area (Å²) in [5.74, 6) is 0.906. The maximum absolute atomic E-state index is 8.81. The van der Waals surface area contributed by atoms with Crippen LogP contribution in [0.5, 0.6) is 0 Å². The van der Waals surface area contributed by atoms with Gasteiger partial charge in [0.15, 0.2) is 0 Å². The van der Waals surface area contributed by atoms with Crippen LogP contribution in [-0.2, 0) is 4.74 Å². The highest BCUT2D eigenvalue weighted by molar-refractivity contribution is 8.03. The molecule has 36 heavy (non-hydrogen) atoms. The number of ether oxygens (including phenoxy) is 1. The topological polar surface area (TPSA) is 41.5 Å². The van der Waals surface area contributed by atoms with E-state index in [1.54, 1.807) is 5.57 Å². The maximum atomic E-state index is 8.81. The van der Waals surface area contributed by atoms with Crippen molar-refractivity contribution >= 4 is 11.8 Å². The highest BCUT2D eigenvalue weighted by Crippen LogP contribution is 2.30. The van der Waals surface area contributed by atoms with Crippen LogP contribution in [0.2, 0.25) is 0 Å². The highest BCUT2D eigenvalue weighted by atomic mass is 32.2. The summed E-state index contributed by atoms with van der Waals surface area (Å²) in [7, 11) is 0. The molecular weight excluding hydrogens is 462 g/mol. The molecule has 0 aromatic heterocycles. The van der Waals surface area contributed by atoms with Gasteiger partial charge >= 0.3 is 0 Å². The molecule has 0 radical (unpaired) electrons. The molecule has 0 aromatic rings. The SMILES string of the molecule is C=C(CC(C/C=C\C)S/C(C)=C/C/C=C(\CC)CCCCCNCCO)OC/C1=C/C/C=C\CCC1. The van der Waals surface area contributed by atoms with Crippen LogP contribution in [0.4, 0.5) is 0 Å². The number of allylic oxidation sites excluding steroid dienone is 10. The molecule has 2 N–H and O–H groups in total. The van der Waals surface area contributed by atoms with Crippen molar-refractivity contribution in [1.29, 1.82) is 0 Å². The van der Waals surface area contributed by atoms with Gasteiger partial charge in [0.2, 0.25) is 0 Å². The van der Waals surface area contributed by atoms with Gasteiger partial charge in [-0.05, 0) is 95.1 Å². The van der Waals surface area contributed by atoms with E-state index in [9.17, 15) is 0 Å². The number of hydrogen-bond acceptors (Lipinski definition) is 4. The molecule has 204 valence electrons. The van der Waals surface area contributed by atoms with E-state index in [-0.39, 0.29) is 6.61 Å². The molecule has 0 heterocycles. The van der Waals surface area contributed by atoms with Crippen LogP contribution in [0.25, 0.3) is 0 Å². The van der Waals surface area contributed by atoms with E-state index in [1.807, 2.05) is 11.8 Å². The van der Waals surface area contributed by atoms with Crippen LogP contribution >= 0.6 is 11.8 Å². The third-order valence-corrected chi connectivity index (χ3v) is 7.62. The molecule has 0 spiro atoms. The monoisotopic (exact) mass is 515 g/mol. The number of aliphatic hydroxyl groups excluding tert-OH is 1. The summed E-state index contributed by atoms with van der Waals surface area (Å²) in [4.78, 5) is 1.38. The van der Waals surface area contributed by atoms with Gasteiger partial charge in [-0.3, -0.25) is 0 Å². The Kier molecular flexibility index (Phi) is 20.5. The molecule has 1 aliphatic carbocycles. The Morgan fingerprint density at radius 3 is 2.86 bits per heavy atom. The molecule has 0 aliphatic heterocycles. The smallest absolute Gasteiger partial charge is 0.109 e. The van der Waals surface area contributed by atoms with Crippen molar-refractivity contribution in [2.24, 2.45) is 0 Å². The Morgan fingerprint density at radius 2 is 2.08 bits per heavy atom. The second-order valence-electron chi connectivity index (χ2n) is 9.59. The summed E-state index contributed by atoms with van der Waals surface area (Å²) in [6.07, 6.45) is 29.5. The molecule has 1 rings (SSSR count). The molecule has 0 saturated heterocycles. The lowest BCUT2D eigenvalue weighted by Gasteiger charge is -2.18. The summed E-state index contributed by atoms with van der Waals surface area (Å²) in [6.45, 7) is 13.5. The van der Waals surface area contributed by atoms with Gasteiger partial charge in [0.25, 0.3) is 0 Å². The Bertz CT molecular complexity index is 732. The molecule has 3 nitrogen and oxygen atoms in total. The van der Waals surface area contributed by atoms with Gasteiger partial charge in [0.1, 0.15) is 6.61 Å². The Hall–Kier alpha value is -1.49. The van der Waals surface area contributed by atoms with Gasteiger partial charge in [-0.2, -0.15) is 0 Å². The van der Waals surface area contributed by atoms with Gasteiger partial charge in [0.05, 0.1) is 12.4 Å². The summed E-state index contributed by atoms with van der Waals surface area (Å²) >= 11 is 1.96. The van der Waals surface area contributed by atoms with Gasteiger partial charge < -0.3 is 15.2 Å². The number of hydrogen-bond donors (Lipinski definition) is 2. The van der Waals surface area contributed by atoms with Gasteiger partial charge in [-0.25, -0.2) is 0 Å². The van der Waals surface area contributed by atoms with E-state index in [4.69, 9.17) is 9.84 Å². The fraction of sp³-hybridized carbons (Fsp3) is 0.625. The third kappa shape index (κ3) is 17.9. The quantitative estimate of drug-likeness (QED) is 0.0965. The van der Waals surface area contributed by atoms with E-state index < -0.39 is 0 Å². The van der Waals surface area contributed by atoms with Gasteiger partial charge in [0, 0.05) is 18.2 Å². The average Bonchev–Trinajstić information content (AvgIpc) is 2.85. The molecular formula is C32H53NO2S. The standard InChI is InChI=1S/C32H53NO2S/c1-5-7-22-32(26-28(3)35-27-31-19-12-9-8-10-13-20-31)36-29(4)17-16-21-30(6-2)18-14-11-15-23-33-24-25-34/h5,7-9,17,19,21,32-34H,3,6,10-16,18,20,22-27H2,1-2,4H3/b7-5-,9-8-,29-17+,30-21+,31-19+. The number of nitrogens with one attached hydrogen (secondary N) is 1. The third-order valence-electron chi connectivity index (χ3n) is 6.39. The first-order valence-corrected chi connectivity index (χ1v) is 15.0. The van der Waals surface area contributed by atoms with Crippen molar-refractivity contribution in [2.45, 2.75) is 103 Å². The Labute approximate surface area is 226 Å². The second-order valence-corrected chi connectivity index (χ2v) is 11.1. The van der Waals surface area contributed by atoms with E-state index >= 15 is 0 Å². The number of aliphatic hydroxyl groups is 1. The molecule has 0 fully saturated rings. The zero-order chi connectivity index (χ0) is 26.3. The lowest BCUT2D eigenvalue weighted by molar-refractivity contribution is 0.226. The number of unbranched alkanes of at least 4 members (excludes halogenated alkanes) is 2. The van der Waals surface area contributed by atoms with Crippen LogP contribution in [0, 0.1) is 0 Å². The van der Waals surface area contributed by atoms with E-state index in [1.165, 1.54) is 49.0 Å². The van der Waals surface area contributed by atoms with Crippen LogP contribution < -0.4 is 5.32 Å². The maximum Gasteiger partial charge on any atom is 0.109 e. The molecule has 0 saturated carbocycles. The van der Waals surface area contributed by atoms with Crippen molar-refractivity contribution in [3.05, 3.63) is 70.9 Å². The summed E-state index contributed by atoms with van der Waals surface area (Å²) in [5.41, 5.74) is 2.98. The van der Waals surface area contributed by atoms with Crippen LogP contribution in [0.1, 0.15) is 97.8 Å². The molecule has 1 atom stereocenters. The lowest BCUT2D eigenvalue weighted by atomic mass is 10.0. The lowest BCUT2D eigenvalue weighted by Crippen LogP contribution is -2.19. The van der Waals surface area contributed by atoms with Gasteiger partial charge in [-0.1, -0.05) is 68.0 Å². The molecule has 0 amide bonds. The van der Waals surface area contributed by atoms with E-state index in [0.29, 0.717) is 18.4 Å². The van der Waals surface area contributed by atoms with Crippen LogP contribution in [0.15, 0.2) is 70.9 Å². The minimum absolute atomic E-state index is 0.225. The Balaban J connectivity index is 2.46. The molecule has 0 bridgehead atoms. The van der Waals surface area contributed by atoms with Crippen LogP contribution in [-0.4, -0.2) is 36.7 Å². The normalized spacial score (nSPS) is 18.4. The minimum atomic E-state index is 0.225. The van der Waals surface area contributed by atoms with Crippen molar-refractivity contribution in [3.8, 4) is 0 Å². The molecule has 0 aromatic carbocycles. The average molecular weight is 516 g/mol. The first kappa shape index (κ1) is 32.5. The number of thioether (sulfide) groups is 1. The van der Waals surface area contributed by atoms with Crippen molar-refractivity contribution in [3.63, 3.8) is 0 Å². The summed E-state index contributed by atoms with van der Waals surface area (Å²) < 4.78 is 6.10. The Morgan fingerprint density at radius 1 is 1.22 bits per heavy atom. The predicted molar refractivity (Wildman–Crippen MR) is 161 cm³/mol. The van der Waals surface area contributed by atoms with Crippen molar-refractivity contribution < 1.29 is 9.84 Å². The highest BCUT2D eigenvalue weighted by Gasteiger charge is 2.12. The molecule has 1 unspecified atom stereocenters. The summed E-state index contributed by atoms with van der Waals surface area (Å²) in [6, 6.07) is 0. The fourth-order valence-electron chi connectivity index (χ4n) is 4.21. The van der Waals surface area contributed by atoms with Crippen molar-refractivity contribution in [1.82, 2.24) is 5.32 Å². The molecule has 1 aliphatic rings. The van der Waals surface area contributed by atoms with Gasteiger partial charge in [-0.15, -0.1) is 11.8 Å². The minimum Gasteiger partial charge on any atom is -0.494 e. The predicted octanol–water partition coefficient (Wildman–Crippen LogP) is 8.80. The van der Waals surface area contributed by atoms with E-state index in [2.05, 4.69) is 75.2 Å². The number of rotatable bonds is 20. The summed E-state index contributed by atoms with van der Waals surface area (Å²) in [5, 5.41) is 12.5. The zero-order valence-corrected chi connectivity index (χ0v) is 24.2. The largest absolute Gasteiger partial charge is 0.494 e. The zero-order valence-electron chi connectivity index (χ0n) is 23.4. The fourth-order valence-corrected chi connectivity index (χ4v) is 5.40. The first-order valence-electron chi connectivity index (χ1n) is 14.2. The van der Waals surface area contributed by atoms with E-state index in [0.717, 1.165) is 50.8 Å².